The summed E-state index contributed by atoms with van der Waals surface area (Å²) in [6.07, 6.45) is 8.42. The molecule has 1 heterocycles. The first kappa shape index (κ1) is 10.7. The lowest BCUT2D eigenvalue weighted by Crippen LogP contribution is -2.34. The summed E-state index contributed by atoms with van der Waals surface area (Å²) < 4.78 is 5.34. The molecule has 1 aromatic rings. The molecule has 1 aliphatic rings. The van der Waals surface area contributed by atoms with Crippen molar-refractivity contribution in [3.8, 4) is 0 Å². The molecule has 84 valence electrons. The Kier molecular flexibility index (Phi) is 3.44. The van der Waals surface area contributed by atoms with Crippen LogP contribution in [-0.2, 0) is 0 Å². The van der Waals surface area contributed by atoms with E-state index in [4.69, 9.17) is 10.3 Å². The second-order valence-electron chi connectivity index (χ2n) is 4.53. The minimum atomic E-state index is 0.266. The molecular formula is C12H20N2O. The number of furan rings is 1. The van der Waals surface area contributed by atoms with Gasteiger partial charge in [-0.15, -0.1) is 0 Å². The van der Waals surface area contributed by atoms with Gasteiger partial charge in [-0.25, -0.2) is 0 Å². The highest BCUT2D eigenvalue weighted by Gasteiger charge is 2.24. The van der Waals surface area contributed by atoms with E-state index in [9.17, 15) is 0 Å². The molecule has 1 atom stereocenters. The highest BCUT2D eigenvalue weighted by molar-refractivity contribution is 5.17. The van der Waals surface area contributed by atoms with Gasteiger partial charge in [-0.3, -0.25) is 11.3 Å². The molecule has 1 aromatic heterocycles. The lowest BCUT2D eigenvalue weighted by Gasteiger charge is -2.28. The molecule has 1 unspecified atom stereocenters. The van der Waals surface area contributed by atoms with Crippen molar-refractivity contribution in [3.05, 3.63) is 23.7 Å². The zero-order valence-electron chi connectivity index (χ0n) is 9.33. The van der Waals surface area contributed by atoms with Gasteiger partial charge in [-0.05, 0) is 31.7 Å². The third-order valence-electron chi connectivity index (χ3n) is 3.41. The van der Waals surface area contributed by atoms with E-state index >= 15 is 0 Å². The SMILES string of the molecule is Cc1cc(C(NN)C2CCCCC2)co1. The highest BCUT2D eigenvalue weighted by Crippen LogP contribution is 2.34. The van der Waals surface area contributed by atoms with Crippen LogP contribution in [0.1, 0.15) is 49.5 Å². The van der Waals surface area contributed by atoms with Crippen molar-refractivity contribution < 1.29 is 4.42 Å². The molecule has 0 radical (unpaired) electrons. The molecule has 1 saturated carbocycles. The summed E-state index contributed by atoms with van der Waals surface area (Å²) in [4.78, 5) is 0. The van der Waals surface area contributed by atoms with Crippen molar-refractivity contribution in [1.82, 2.24) is 5.43 Å². The van der Waals surface area contributed by atoms with Crippen LogP contribution in [0.5, 0.6) is 0 Å². The van der Waals surface area contributed by atoms with Crippen LogP contribution in [0.15, 0.2) is 16.7 Å². The largest absolute Gasteiger partial charge is 0.469 e. The maximum atomic E-state index is 5.65. The number of nitrogens with one attached hydrogen (secondary N) is 1. The summed E-state index contributed by atoms with van der Waals surface area (Å²) in [7, 11) is 0. The fourth-order valence-electron chi connectivity index (χ4n) is 2.60. The summed E-state index contributed by atoms with van der Waals surface area (Å²) in [5.41, 5.74) is 4.14. The molecule has 0 saturated heterocycles. The van der Waals surface area contributed by atoms with E-state index in [0.717, 1.165) is 5.76 Å². The van der Waals surface area contributed by atoms with E-state index in [0.29, 0.717) is 5.92 Å². The summed E-state index contributed by atoms with van der Waals surface area (Å²) >= 11 is 0. The number of rotatable bonds is 3. The number of nitrogens with two attached hydrogens (primary N) is 1. The van der Waals surface area contributed by atoms with Crippen molar-refractivity contribution in [2.45, 2.75) is 45.1 Å². The molecule has 1 fully saturated rings. The molecule has 1 aliphatic carbocycles. The standard InChI is InChI=1S/C12H20N2O/c1-9-7-11(8-15-9)12(14-13)10-5-3-2-4-6-10/h7-8,10,12,14H,2-6,13H2,1H3. The highest BCUT2D eigenvalue weighted by atomic mass is 16.3. The van der Waals surface area contributed by atoms with E-state index in [1.807, 2.05) is 13.2 Å². The molecule has 0 spiro atoms. The number of hydrogen-bond acceptors (Lipinski definition) is 3. The molecule has 15 heavy (non-hydrogen) atoms. The van der Waals surface area contributed by atoms with Gasteiger partial charge in [0.2, 0.25) is 0 Å². The fraction of sp³-hybridized carbons (Fsp3) is 0.667. The average Bonchev–Trinajstić information content (AvgIpc) is 2.68. The molecule has 3 N–H and O–H groups in total. The summed E-state index contributed by atoms with van der Waals surface area (Å²) in [5, 5.41) is 0. The fourth-order valence-corrected chi connectivity index (χ4v) is 2.60. The first-order valence-electron chi connectivity index (χ1n) is 5.82. The lowest BCUT2D eigenvalue weighted by atomic mass is 9.82. The van der Waals surface area contributed by atoms with Crippen molar-refractivity contribution in [3.63, 3.8) is 0 Å². The van der Waals surface area contributed by atoms with Gasteiger partial charge in [0.25, 0.3) is 0 Å². The zero-order chi connectivity index (χ0) is 10.7. The van der Waals surface area contributed by atoms with Crippen LogP contribution in [0.25, 0.3) is 0 Å². The Labute approximate surface area is 91.0 Å². The van der Waals surface area contributed by atoms with E-state index in [1.165, 1.54) is 37.7 Å². The Morgan fingerprint density at radius 2 is 2.13 bits per heavy atom. The third-order valence-corrected chi connectivity index (χ3v) is 3.41. The second kappa shape index (κ2) is 4.81. The van der Waals surface area contributed by atoms with E-state index < -0.39 is 0 Å². The first-order valence-corrected chi connectivity index (χ1v) is 5.82. The number of hydrazine groups is 1. The van der Waals surface area contributed by atoms with Crippen LogP contribution in [0.2, 0.25) is 0 Å². The van der Waals surface area contributed by atoms with Crippen LogP contribution in [0.4, 0.5) is 0 Å². The Balaban J connectivity index is 2.08. The van der Waals surface area contributed by atoms with Crippen molar-refractivity contribution in [2.24, 2.45) is 11.8 Å². The van der Waals surface area contributed by atoms with E-state index in [-0.39, 0.29) is 6.04 Å². The van der Waals surface area contributed by atoms with Crippen LogP contribution >= 0.6 is 0 Å². The first-order chi connectivity index (χ1) is 7.31. The normalized spacial score (nSPS) is 20.4. The molecule has 0 aromatic carbocycles. The van der Waals surface area contributed by atoms with Gasteiger partial charge in [0, 0.05) is 5.56 Å². The van der Waals surface area contributed by atoms with Crippen LogP contribution in [0, 0.1) is 12.8 Å². The Bertz CT molecular complexity index is 302. The molecule has 0 aliphatic heterocycles. The lowest BCUT2D eigenvalue weighted by molar-refractivity contribution is 0.272. The van der Waals surface area contributed by atoms with Gasteiger partial charge >= 0.3 is 0 Å². The molecular weight excluding hydrogens is 188 g/mol. The van der Waals surface area contributed by atoms with Gasteiger partial charge in [-0.2, -0.15) is 0 Å². The quantitative estimate of drug-likeness (QED) is 0.593. The minimum Gasteiger partial charge on any atom is -0.469 e. The average molecular weight is 208 g/mol. The Hall–Kier alpha value is -0.800. The Morgan fingerprint density at radius 3 is 2.67 bits per heavy atom. The maximum absolute atomic E-state index is 5.65. The van der Waals surface area contributed by atoms with E-state index in [2.05, 4.69) is 11.5 Å². The molecule has 3 heteroatoms. The molecule has 3 nitrogen and oxygen atoms in total. The summed E-state index contributed by atoms with van der Waals surface area (Å²) in [6.45, 7) is 1.97. The van der Waals surface area contributed by atoms with Crippen LogP contribution < -0.4 is 11.3 Å². The molecule has 0 amide bonds. The van der Waals surface area contributed by atoms with E-state index in [1.54, 1.807) is 0 Å². The van der Waals surface area contributed by atoms with Gasteiger partial charge < -0.3 is 4.42 Å². The minimum absolute atomic E-state index is 0.266. The van der Waals surface area contributed by atoms with Crippen molar-refractivity contribution in [2.75, 3.05) is 0 Å². The van der Waals surface area contributed by atoms with Crippen molar-refractivity contribution in [1.29, 1.82) is 0 Å². The molecule has 2 rings (SSSR count). The van der Waals surface area contributed by atoms with Gasteiger partial charge in [0.15, 0.2) is 0 Å². The van der Waals surface area contributed by atoms with Crippen molar-refractivity contribution >= 4 is 0 Å². The predicted octanol–water partition coefficient (Wildman–Crippen LogP) is 2.67. The smallest absolute Gasteiger partial charge is 0.101 e. The Morgan fingerprint density at radius 1 is 1.40 bits per heavy atom. The van der Waals surface area contributed by atoms with Crippen LogP contribution in [0.3, 0.4) is 0 Å². The summed E-state index contributed by atoms with van der Waals surface area (Å²) in [5.74, 6) is 7.28. The van der Waals surface area contributed by atoms with Crippen LogP contribution in [-0.4, -0.2) is 0 Å². The zero-order valence-corrected chi connectivity index (χ0v) is 9.33. The summed E-state index contributed by atoms with van der Waals surface area (Å²) in [6, 6.07) is 2.35. The number of aryl methyl sites for hydroxylation is 1. The predicted molar refractivity (Wildman–Crippen MR) is 60.1 cm³/mol. The topological polar surface area (TPSA) is 51.2 Å². The number of hydrogen-bond donors (Lipinski definition) is 2. The second-order valence-corrected chi connectivity index (χ2v) is 4.53. The third kappa shape index (κ3) is 2.41. The maximum Gasteiger partial charge on any atom is 0.101 e. The molecule has 0 bridgehead atoms. The van der Waals surface area contributed by atoms with Gasteiger partial charge in [0.05, 0.1) is 12.3 Å². The van der Waals surface area contributed by atoms with Gasteiger partial charge in [0.1, 0.15) is 5.76 Å². The monoisotopic (exact) mass is 208 g/mol. The van der Waals surface area contributed by atoms with Gasteiger partial charge in [-0.1, -0.05) is 19.3 Å².